The van der Waals surface area contributed by atoms with Gasteiger partial charge in [0.05, 0.1) is 24.2 Å². The lowest BCUT2D eigenvalue weighted by atomic mass is 10.0. The van der Waals surface area contributed by atoms with Crippen molar-refractivity contribution in [2.24, 2.45) is 0 Å². The first kappa shape index (κ1) is 20.2. The zero-order chi connectivity index (χ0) is 21.1. The summed E-state index contributed by atoms with van der Waals surface area (Å²) in [6.07, 6.45) is 0. The zero-order valence-electron chi connectivity index (χ0n) is 17.5. The summed E-state index contributed by atoms with van der Waals surface area (Å²) in [5.74, 6) is 3.41. The normalized spacial score (nSPS) is 11.2. The second-order valence-electron chi connectivity index (χ2n) is 7.31. The van der Waals surface area contributed by atoms with Gasteiger partial charge in [-0.05, 0) is 48.7 Å². The highest BCUT2D eigenvalue weighted by molar-refractivity contribution is 7.98. The van der Waals surface area contributed by atoms with Crippen molar-refractivity contribution < 1.29 is 9.26 Å². The minimum Gasteiger partial charge on any atom is -0.497 e. The number of ether oxygens (including phenoxy) is 1. The highest BCUT2D eigenvalue weighted by atomic mass is 32.2. The predicted octanol–water partition coefficient (Wildman–Crippen LogP) is 5.66. The van der Waals surface area contributed by atoms with Crippen molar-refractivity contribution in [3.8, 4) is 22.8 Å². The molecule has 0 saturated heterocycles. The molecule has 0 bridgehead atoms. The van der Waals surface area contributed by atoms with Gasteiger partial charge in [0, 0.05) is 11.6 Å². The molecular formula is C23H24N4O2S. The lowest BCUT2D eigenvalue weighted by Crippen LogP contribution is -2.04. The Labute approximate surface area is 180 Å². The highest BCUT2D eigenvalue weighted by Crippen LogP contribution is 2.33. The first-order valence-electron chi connectivity index (χ1n) is 9.81. The van der Waals surface area contributed by atoms with Crippen molar-refractivity contribution in [2.75, 3.05) is 7.11 Å². The first-order chi connectivity index (χ1) is 14.6. The minimum absolute atomic E-state index is 0.363. The Balaban J connectivity index is 1.79. The number of thioether (sulfide) groups is 1. The minimum atomic E-state index is 0.363. The number of nitrogens with zero attached hydrogens (tertiary/aromatic N) is 4. The van der Waals surface area contributed by atoms with E-state index < -0.39 is 0 Å². The molecule has 0 fully saturated rings. The average Bonchev–Trinajstić information content (AvgIpc) is 3.38. The van der Waals surface area contributed by atoms with Crippen LogP contribution >= 0.6 is 11.8 Å². The molecule has 0 unspecified atom stereocenters. The number of hydrogen-bond donors (Lipinski definition) is 0. The molecule has 2 aromatic heterocycles. The molecule has 0 aliphatic heterocycles. The Morgan fingerprint density at radius 1 is 1.07 bits per heavy atom. The molecule has 7 heteroatoms. The van der Waals surface area contributed by atoms with Gasteiger partial charge >= 0.3 is 0 Å². The van der Waals surface area contributed by atoms with Crippen LogP contribution in [0, 0.1) is 6.92 Å². The van der Waals surface area contributed by atoms with Crippen LogP contribution in [0.5, 0.6) is 5.75 Å². The third-order valence-electron chi connectivity index (χ3n) is 4.80. The molecule has 0 radical (unpaired) electrons. The van der Waals surface area contributed by atoms with Gasteiger partial charge in [-0.25, -0.2) is 0 Å². The summed E-state index contributed by atoms with van der Waals surface area (Å²) in [6, 6.07) is 18.2. The van der Waals surface area contributed by atoms with E-state index in [1.165, 1.54) is 5.56 Å². The van der Waals surface area contributed by atoms with E-state index in [2.05, 4.69) is 52.0 Å². The van der Waals surface area contributed by atoms with Crippen molar-refractivity contribution in [1.82, 2.24) is 19.9 Å². The van der Waals surface area contributed by atoms with E-state index in [-0.39, 0.29) is 0 Å². The Hall–Kier alpha value is -3.06. The first-order valence-corrected chi connectivity index (χ1v) is 10.8. The molecule has 0 amide bonds. The van der Waals surface area contributed by atoms with Gasteiger partial charge in [0.25, 0.3) is 0 Å². The van der Waals surface area contributed by atoms with E-state index >= 15 is 0 Å². The number of benzene rings is 2. The SMILES string of the molecule is COc1ccc(-c2nnc(SCc3cc(C)no3)n2-c2ccccc2C(C)C)cc1. The Morgan fingerprint density at radius 2 is 1.83 bits per heavy atom. The summed E-state index contributed by atoms with van der Waals surface area (Å²) < 4.78 is 12.8. The van der Waals surface area contributed by atoms with E-state index in [4.69, 9.17) is 9.26 Å². The number of rotatable bonds is 7. The maximum absolute atomic E-state index is 5.37. The summed E-state index contributed by atoms with van der Waals surface area (Å²) in [5.41, 5.74) is 4.17. The van der Waals surface area contributed by atoms with Crippen molar-refractivity contribution in [2.45, 2.75) is 37.6 Å². The van der Waals surface area contributed by atoms with Gasteiger partial charge in [-0.1, -0.05) is 49.0 Å². The van der Waals surface area contributed by atoms with E-state index in [9.17, 15) is 0 Å². The fourth-order valence-electron chi connectivity index (χ4n) is 3.31. The third-order valence-corrected chi connectivity index (χ3v) is 5.75. The number of aromatic nitrogens is 4. The second-order valence-corrected chi connectivity index (χ2v) is 8.25. The molecule has 4 rings (SSSR count). The molecule has 2 heterocycles. The van der Waals surface area contributed by atoms with Crippen LogP contribution < -0.4 is 4.74 Å². The number of methoxy groups -OCH3 is 1. The lowest BCUT2D eigenvalue weighted by molar-refractivity contribution is 0.391. The van der Waals surface area contributed by atoms with Crippen molar-refractivity contribution >= 4 is 11.8 Å². The van der Waals surface area contributed by atoms with Crippen LogP contribution in [0.15, 0.2) is 64.3 Å². The van der Waals surface area contributed by atoms with Crippen LogP contribution in [-0.2, 0) is 5.75 Å². The number of aryl methyl sites for hydroxylation is 1. The predicted molar refractivity (Wildman–Crippen MR) is 118 cm³/mol. The van der Waals surface area contributed by atoms with Crippen molar-refractivity contribution in [3.63, 3.8) is 0 Å². The maximum Gasteiger partial charge on any atom is 0.196 e. The van der Waals surface area contributed by atoms with Gasteiger partial charge in [-0.2, -0.15) is 0 Å². The molecule has 4 aromatic rings. The largest absolute Gasteiger partial charge is 0.497 e. The lowest BCUT2D eigenvalue weighted by Gasteiger charge is -2.17. The Bertz CT molecular complexity index is 1130. The molecule has 0 spiro atoms. The van der Waals surface area contributed by atoms with E-state index in [1.807, 2.05) is 43.3 Å². The van der Waals surface area contributed by atoms with Crippen LogP contribution in [0.25, 0.3) is 17.1 Å². The Morgan fingerprint density at radius 3 is 2.50 bits per heavy atom. The quantitative estimate of drug-likeness (QED) is 0.360. The van der Waals surface area contributed by atoms with Crippen LogP contribution in [0.4, 0.5) is 0 Å². The zero-order valence-corrected chi connectivity index (χ0v) is 18.3. The summed E-state index contributed by atoms with van der Waals surface area (Å²) in [6.45, 7) is 6.31. The van der Waals surface area contributed by atoms with Crippen molar-refractivity contribution in [3.05, 3.63) is 71.6 Å². The number of hydrogen-bond acceptors (Lipinski definition) is 6. The van der Waals surface area contributed by atoms with Gasteiger partial charge in [-0.15, -0.1) is 10.2 Å². The monoisotopic (exact) mass is 420 g/mol. The molecule has 0 aliphatic rings. The van der Waals surface area contributed by atoms with Gasteiger partial charge < -0.3 is 9.26 Å². The number of para-hydroxylation sites is 1. The van der Waals surface area contributed by atoms with Gasteiger partial charge in [0.15, 0.2) is 11.0 Å². The Kier molecular flexibility index (Phi) is 5.90. The fourth-order valence-corrected chi connectivity index (χ4v) is 4.13. The molecule has 0 aliphatic carbocycles. The van der Waals surface area contributed by atoms with Crippen LogP contribution in [0.1, 0.15) is 36.8 Å². The molecule has 0 atom stereocenters. The van der Waals surface area contributed by atoms with Crippen LogP contribution in [0.2, 0.25) is 0 Å². The molecular weight excluding hydrogens is 396 g/mol. The molecule has 0 saturated carbocycles. The molecule has 0 N–H and O–H groups in total. The van der Waals surface area contributed by atoms with Gasteiger partial charge in [0.1, 0.15) is 11.5 Å². The maximum atomic E-state index is 5.37. The van der Waals surface area contributed by atoms with Crippen LogP contribution in [0.3, 0.4) is 0 Å². The average molecular weight is 421 g/mol. The molecule has 154 valence electrons. The smallest absolute Gasteiger partial charge is 0.196 e. The fraction of sp³-hybridized carbons (Fsp3) is 0.261. The summed E-state index contributed by atoms with van der Waals surface area (Å²) in [4.78, 5) is 0. The third kappa shape index (κ3) is 4.11. The standard InChI is InChI=1S/C23H24N4O2S/c1-15(2)20-7-5-6-8-21(20)27-22(17-9-11-18(28-4)12-10-17)24-25-23(27)30-14-19-13-16(3)26-29-19/h5-13,15H,14H2,1-4H3. The molecule has 6 nitrogen and oxygen atoms in total. The topological polar surface area (TPSA) is 66.0 Å². The summed E-state index contributed by atoms with van der Waals surface area (Å²) >= 11 is 1.58. The van der Waals surface area contributed by atoms with Gasteiger partial charge in [-0.3, -0.25) is 4.57 Å². The highest BCUT2D eigenvalue weighted by Gasteiger charge is 2.20. The van der Waals surface area contributed by atoms with E-state index in [0.29, 0.717) is 11.7 Å². The van der Waals surface area contributed by atoms with Crippen molar-refractivity contribution in [1.29, 1.82) is 0 Å². The van der Waals surface area contributed by atoms with E-state index in [1.54, 1.807) is 18.9 Å². The summed E-state index contributed by atoms with van der Waals surface area (Å²) in [7, 11) is 1.66. The summed E-state index contributed by atoms with van der Waals surface area (Å²) in [5, 5.41) is 13.8. The molecule has 2 aromatic carbocycles. The van der Waals surface area contributed by atoms with E-state index in [0.717, 1.165) is 39.4 Å². The second kappa shape index (κ2) is 8.75. The van der Waals surface area contributed by atoms with Crippen LogP contribution in [-0.4, -0.2) is 27.0 Å². The molecule has 30 heavy (non-hydrogen) atoms. The van der Waals surface area contributed by atoms with Gasteiger partial charge in [0.2, 0.25) is 0 Å².